The molecule has 0 heterocycles. The number of carbonyl (C=O) groups excluding carboxylic acids is 3. The normalized spacial score (nSPS) is 10.3. The van der Waals surface area contributed by atoms with Gasteiger partial charge in [-0.1, -0.05) is 30.3 Å². The van der Waals surface area contributed by atoms with E-state index in [0.29, 0.717) is 16.3 Å². The molecular formula is C25H23FN2O5S. The molecule has 9 heteroatoms. The molecule has 3 aromatic carbocycles. The number of carbonyl (C=O) groups is 3. The zero-order valence-electron chi connectivity index (χ0n) is 18.4. The lowest BCUT2D eigenvalue weighted by atomic mass is 10.2. The summed E-state index contributed by atoms with van der Waals surface area (Å²) in [5.74, 6) is -1.08. The van der Waals surface area contributed by atoms with Crippen LogP contribution in [0.4, 0.5) is 10.1 Å². The van der Waals surface area contributed by atoms with E-state index in [4.69, 9.17) is 9.47 Å². The molecule has 176 valence electrons. The second-order valence-corrected chi connectivity index (χ2v) is 8.06. The Balaban J connectivity index is 1.49. The van der Waals surface area contributed by atoms with Crippen LogP contribution in [0.2, 0.25) is 0 Å². The molecule has 0 saturated heterocycles. The minimum Gasteiger partial charge on any atom is -0.497 e. The summed E-state index contributed by atoms with van der Waals surface area (Å²) in [6.07, 6.45) is 0. The van der Waals surface area contributed by atoms with Crippen LogP contribution in [0.1, 0.15) is 15.9 Å². The molecule has 0 aliphatic heterocycles. The van der Waals surface area contributed by atoms with Crippen LogP contribution in [-0.4, -0.2) is 37.3 Å². The molecule has 7 nitrogen and oxygen atoms in total. The number of anilines is 1. The van der Waals surface area contributed by atoms with Gasteiger partial charge in [-0.05, 0) is 42.0 Å². The molecule has 2 N–H and O–H groups in total. The maximum absolute atomic E-state index is 12.9. The fourth-order valence-corrected chi connectivity index (χ4v) is 3.71. The highest BCUT2D eigenvalue weighted by Gasteiger charge is 2.16. The predicted octanol–water partition coefficient (Wildman–Crippen LogP) is 4.04. The van der Waals surface area contributed by atoms with Crippen LogP contribution in [0.25, 0.3) is 0 Å². The van der Waals surface area contributed by atoms with Gasteiger partial charge < -0.3 is 20.1 Å². The second kappa shape index (κ2) is 12.4. The second-order valence-electron chi connectivity index (χ2n) is 7.04. The maximum Gasteiger partial charge on any atom is 0.339 e. The Kier molecular flexibility index (Phi) is 9.04. The zero-order chi connectivity index (χ0) is 24.3. The lowest BCUT2D eigenvalue weighted by Gasteiger charge is -2.10. The maximum atomic E-state index is 12.9. The van der Waals surface area contributed by atoms with Crippen molar-refractivity contribution in [1.29, 1.82) is 0 Å². The van der Waals surface area contributed by atoms with Crippen molar-refractivity contribution < 1.29 is 28.2 Å². The van der Waals surface area contributed by atoms with E-state index in [2.05, 4.69) is 10.6 Å². The van der Waals surface area contributed by atoms with Gasteiger partial charge in [0.1, 0.15) is 11.6 Å². The number of methoxy groups -OCH3 is 1. The summed E-state index contributed by atoms with van der Waals surface area (Å²) in [6.45, 7) is -0.277. The van der Waals surface area contributed by atoms with E-state index in [1.807, 2.05) is 0 Å². The average molecular weight is 483 g/mol. The summed E-state index contributed by atoms with van der Waals surface area (Å²) in [5.41, 5.74) is 1.58. The van der Waals surface area contributed by atoms with Gasteiger partial charge in [-0.2, -0.15) is 0 Å². The summed E-state index contributed by atoms with van der Waals surface area (Å²) >= 11 is 1.18. The van der Waals surface area contributed by atoms with Crippen molar-refractivity contribution in [2.24, 2.45) is 0 Å². The van der Waals surface area contributed by atoms with E-state index in [-0.39, 0.29) is 29.6 Å². The molecule has 0 spiro atoms. The SMILES string of the molecule is COc1cccc(NC(=O)CSc2ccccc2C(=O)OCC(=O)NCc2ccc(F)cc2)c1. The van der Waals surface area contributed by atoms with Gasteiger partial charge >= 0.3 is 5.97 Å². The van der Waals surface area contributed by atoms with Crippen LogP contribution in [-0.2, 0) is 20.9 Å². The number of amides is 2. The van der Waals surface area contributed by atoms with E-state index in [0.717, 1.165) is 5.56 Å². The van der Waals surface area contributed by atoms with Gasteiger partial charge in [0.05, 0.1) is 18.4 Å². The van der Waals surface area contributed by atoms with Gasteiger partial charge in [-0.3, -0.25) is 9.59 Å². The van der Waals surface area contributed by atoms with Gasteiger partial charge in [0.2, 0.25) is 5.91 Å². The summed E-state index contributed by atoms with van der Waals surface area (Å²) in [4.78, 5) is 37.4. The third-order valence-electron chi connectivity index (χ3n) is 4.56. The molecule has 2 amide bonds. The van der Waals surface area contributed by atoms with Crippen molar-refractivity contribution in [1.82, 2.24) is 5.32 Å². The van der Waals surface area contributed by atoms with Crippen molar-refractivity contribution >= 4 is 35.2 Å². The quantitative estimate of drug-likeness (QED) is 0.335. The van der Waals surface area contributed by atoms with Crippen molar-refractivity contribution in [3.63, 3.8) is 0 Å². The van der Waals surface area contributed by atoms with E-state index >= 15 is 0 Å². The van der Waals surface area contributed by atoms with E-state index in [1.165, 1.54) is 23.9 Å². The number of esters is 1. The van der Waals surface area contributed by atoms with Gasteiger partial charge in [0.15, 0.2) is 6.61 Å². The third-order valence-corrected chi connectivity index (χ3v) is 5.63. The molecule has 3 aromatic rings. The van der Waals surface area contributed by atoms with Gasteiger partial charge in [0, 0.05) is 23.2 Å². The average Bonchev–Trinajstić information content (AvgIpc) is 2.86. The van der Waals surface area contributed by atoms with Crippen LogP contribution >= 0.6 is 11.8 Å². The fraction of sp³-hybridized carbons (Fsp3) is 0.160. The first-order valence-corrected chi connectivity index (χ1v) is 11.3. The summed E-state index contributed by atoms with van der Waals surface area (Å²) in [6, 6.07) is 19.4. The number of thioether (sulfide) groups is 1. The Morgan fingerprint density at radius 3 is 2.47 bits per heavy atom. The Bertz CT molecular complexity index is 1150. The topological polar surface area (TPSA) is 93.7 Å². The predicted molar refractivity (Wildman–Crippen MR) is 127 cm³/mol. The van der Waals surface area contributed by atoms with Crippen molar-refractivity contribution in [3.8, 4) is 5.75 Å². The fourth-order valence-electron chi connectivity index (χ4n) is 2.87. The molecule has 0 aliphatic carbocycles. The monoisotopic (exact) mass is 482 g/mol. The number of nitrogens with one attached hydrogen (secondary N) is 2. The minimum absolute atomic E-state index is 0.0691. The minimum atomic E-state index is -0.673. The summed E-state index contributed by atoms with van der Waals surface area (Å²) < 4.78 is 23.2. The molecule has 0 bridgehead atoms. The van der Waals surface area contributed by atoms with Crippen LogP contribution in [0.5, 0.6) is 5.75 Å². The Labute approximate surface area is 200 Å². The molecule has 0 aliphatic rings. The molecule has 0 unspecified atom stereocenters. The molecule has 0 aromatic heterocycles. The van der Waals surface area contributed by atoms with Crippen molar-refractivity contribution in [3.05, 3.63) is 89.7 Å². The van der Waals surface area contributed by atoms with Crippen LogP contribution in [0, 0.1) is 5.82 Å². The van der Waals surface area contributed by atoms with Gasteiger partial charge in [0.25, 0.3) is 5.91 Å². The largest absolute Gasteiger partial charge is 0.497 e. The highest BCUT2D eigenvalue weighted by atomic mass is 32.2. The highest BCUT2D eigenvalue weighted by Crippen LogP contribution is 2.24. The molecule has 0 radical (unpaired) electrons. The molecule has 0 fully saturated rings. The van der Waals surface area contributed by atoms with Crippen LogP contribution in [0.15, 0.2) is 77.7 Å². The summed E-state index contributed by atoms with van der Waals surface area (Å²) in [5, 5.41) is 5.38. The number of rotatable bonds is 10. The van der Waals surface area contributed by atoms with Crippen molar-refractivity contribution in [2.45, 2.75) is 11.4 Å². The Morgan fingerprint density at radius 2 is 1.71 bits per heavy atom. The molecule has 0 atom stereocenters. The first kappa shape index (κ1) is 24.8. The van der Waals surface area contributed by atoms with Gasteiger partial charge in [-0.15, -0.1) is 11.8 Å². The molecular weight excluding hydrogens is 459 g/mol. The van der Waals surface area contributed by atoms with E-state index in [9.17, 15) is 18.8 Å². The number of hydrogen-bond acceptors (Lipinski definition) is 6. The van der Waals surface area contributed by atoms with E-state index in [1.54, 1.807) is 67.8 Å². The third kappa shape index (κ3) is 7.63. The smallest absolute Gasteiger partial charge is 0.339 e. The van der Waals surface area contributed by atoms with Crippen molar-refractivity contribution in [2.75, 3.05) is 24.8 Å². The van der Waals surface area contributed by atoms with Crippen LogP contribution in [0.3, 0.4) is 0 Å². The molecule has 0 saturated carbocycles. The first-order chi connectivity index (χ1) is 16.4. The number of ether oxygens (including phenoxy) is 2. The van der Waals surface area contributed by atoms with Gasteiger partial charge in [-0.25, -0.2) is 9.18 Å². The zero-order valence-corrected chi connectivity index (χ0v) is 19.2. The number of hydrogen-bond donors (Lipinski definition) is 2. The molecule has 34 heavy (non-hydrogen) atoms. The number of benzene rings is 3. The standard InChI is InChI=1S/C25H23FN2O5S/c1-32-20-6-4-5-19(13-20)28-24(30)16-34-22-8-3-2-7-21(22)25(31)33-15-23(29)27-14-17-9-11-18(26)12-10-17/h2-13H,14-16H2,1H3,(H,27,29)(H,28,30). The van der Waals surface area contributed by atoms with Crippen LogP contribution < -0.4 is 15.4 Å². The lowest BCUT2D eigenvalue weighted by Crippen LogP contribution is -2.28. The Morgan fingerprint density at radius 1 is 0.941 bits per heavy atom. The Hall–Kier alpha value is -3.85. The molecule has 3 rings (SSSR count). The highest BCUT2D eigenvalue weighted by molar-refractivity contribution is 8.00. The first-order valence-electron chi connectivity index (χ1n) is 10.3. The number of halogens is 1. The van der Waals surface area contributed by atoms with E-state index < -0.39 is 18.5 Å². The summed E-state index contributed by atoms with van der Waals surface area (Å²) in [7, 11) is 1.54. The lowest BCUT2D eigenvalue weighted by molar-refractivity contribution is -0.124.